The normalized spacial score (nSPS) is 13.3. The maximum Gasteiger partial charge on any atom is 0.252 e. The van der Waals surface area contributed by atoms with Crippen molar-refractivity contribution in [1.29, 1.82) is 0 Å². The van der Waals surface area contributed by atoms with Crippen LogP contribution in [-0.4, -0.2) is 23.9 Å². The molecular formula is C113H93BN6Si. The number of hydrogen-bond acceptors (Lipinski definition) is 4. The van der Waals surface area contributed by atoms with Crippen molar-refractivity contribution in [3.8, 4) is 55.9 Å². The zero-order chi connectivity index (χ0) is 87.2. The Morgan fingerprint density at radius 2 is 0.579 bits per heavy atom. The average Bonchev–Trinajstić information content (AvgIpc) is 1.25. The average molecular weight is 1580 g/mol. The summed E-state index contributed by atoms with van der Waals surface area (Å²) in [6.45, 7) is 19.5. The van der Waals surface area contributed by atoms with Crippen molar-refractivity contribution in [1.82, 2.24) is 9.13 Å². The van der Waals surface area contributed by atoms with Gasteiger partial charge in [-0.3, -0.25) is 0 Å². The highest BCUT2D eigenvalue weighted by Gasteiger charge is 2.47. The Kier molecular flexibility index (Phi) is 16.5. The third kappa shape index (κ3) is 12.9. The molecule has 0 spiro atoms. The first kappa shape index (κ1) is 67.8. The van der Waals surface area contributed by atoms with Crippen molar-refractivity contribution >= 4 is 148 Å². The van der Waals surface area contributed by atoms with Gasteiger partial charge in [0.2, 0.25) is 0 Å². The van der Waals surface area contributed by atoms with E-state index in [4.69, 9.17) is 0 Å². The van der Waals surface area contributed by atoms with E-state index in [-0.39, 0.29) is 58.5 Å². The van der Waals surface area contributed by atoms with Gasteiger partial charge in [0, 0.05) is 112 Å². The van der Waals surface area contributed by atoms with Gasteiger partial charge >= 0.3 is 0 Å². The van der Waals surface area contributed by atoms with E-state index in [9.17, 15) is 8.22 Å². The number of nitrogens with zero attached hydrogens (tertiary/aromatic N) is 6. The molecule has 0 unspecified atom stereocenters. The number of aromatic nitrogens is 2. The van der Waals surface area contributed by atoms with Crippen LogP contribution in [-0.2, 0) is 10.8 Å². The highest BCUT2D eigenvalue weighted by molar-refractivity contribution is 7.00. The fraction of sp³-hybridized carbons (Fsp3) is 0.0973. The molecule has 0 saturated heterocycles. The molecule has 0 bridgehead atoms. The Labute approximate surface area is 719 Å². The van der Waals surface area contributed by atoms with Gasteiger partial charge in [0.1, 0.15) is 0 Å². The second-order valence-electron chi connectivity index (χ2n) is 35.2. The van der Waals surface area contributed by atoms with Crippen molar-refractivity contribution in [2.45, 2.75) is 72.0 Å². The van der Waals surface area contributed by atoms with Crippen molar-refractivity contribution in [3.05, 3.63) is 411 Å². The molecule has 2 aliphatic rings. The Bertz CT molecular complexity index is 6940. The summed E-state index contributed by atoms with van der Waals surface area (Å²) >= 11 is 0. The van der Waals surface area contributed by atoms with E-state index < -0.39 is 14.8 Å². The molecule has 582 valence electrons. The van der Waals surface area contributed by atoms with Crippen molar-refractivity contribution in [2.24, 2.45) is 0 Å². The Morgan fingerprint density at radius 3 is 0.884 bits per heavy atom. The molecule has 19 aromatic rings. The summed E-state index contributed by atoms with van der Waals surface area (Å²) in [7, 11) is -2.67. The molecule has 2 aliphatic heterocycles. The van der Waals surface area contributed by atoms with E-state index in [2.05, 4.69) is 405 Å². The minimum Gasteiger partial charge on any atom is -0.310 e. The highest BCUT2D eigenvalue weighted by Crippen LogP contribution is 2.56. The van der Waals surface area contributed by atoms with Gasteiger partial charge in [0.05, 0.1) is 49.7 Å². The summed E-state index contributed by atoms with van der Waals surface area (Å²) in [6.07, 6.45) is 0. The van der Waals surface area contributed by atoms with Gasteiger partial charge in [0.15, 0.2) is 0 Å². The molecule has 8 heteroatoms. The summed E-state index contributed by atoms with van der Waals surface area (Å²) in [5.74, 6) is 0. The van der Waals surface area contributed by atoms with E-state index in [1.165, 1.54) is 0 Å². The molecule has 17 aromatic carbocycles. The van der Waals surface area contributed by atoms with E-state index in [0.29, 0.717) is 22.3 Å². The van der Waals surface area contributed by atoms with Gasteiger partial charge < -0.3 is 28.7 Å². The summed E-state index contributed by atoms with van der Waals surface area (Å²) in [5.41, 5.74) is 22.9. The van der Waals surface area contributed by atoms with Crippen LogP contribution in [0.5, 0.6) is 0 Å². The van der Waals surface area contributed by atoms with E-state index in [1.54, 1.807) is 0 Å². The molecule has 0 amide bonds. The Hall–Kier alpha value is -14.2. The first-order valence-corrected chi connectivity index (χ1v) is 45.5. The minimum absolute atomic E-state index is 0.0102. The maximum absolute atomic E-state index is 12.1. The van der Waals surface area contributed by atoms with Crippen LogP contribution in [0.15, 0.2) is 400 Å². The Balaban J connectivity index is 0.944. The fourth-order valence-corrected chi connectivity index (χ4v) is 19.6. The summed E-state index contributed by atoms with van der Waals surface area (Å²) in [6, 6.07) is 127. The molecule has 2 aromatic heterocycles. The lowest BCUT2D eigenvalue weighted by Crippen LogP contribution is -2.62. The third-order valence-electron chi connectivity index (χ3n) is 24.5. The minimum atomic E-state index is -2.67. The second kappa shape index (κ2) is 29.4. The quantitative estimate of drug-likeness (QED) is 0.0954. The molecule has 21 rings (SSSR count). The molecule has 0 fully saturated rings. The highest BCUT2D eigenvalue weighted by atomic mass is 28.3. The molecule has 0 saturated carbocycles. The summed E-state index contributed by atoms with van der Waals surface area (Å²) in [4.78, 5) is 9.13. The van der Waals surface area contributed by atoms with Crippen molar-refractivity contribution < 1.29 is 8.22 Å². The molecule has 6 nitrogen and oxygen atoms in total. The molecule has 4 heterocycles. The zero-order valence-electron chi connectivity index (χ0n) is 75.4. The van der Waals surface area contributed by atoms with E-state index >= 15 is 0 Å². The summed E-state index contributed by atoms with van der Waals surface area (Å²) in [5, 5.41) is 4.66. The molecular weight excluding hydrogens is 1480 g/mol. The number of benzene rings is 17. The van der Waals surface area contributed by atoms with Crippen molar-refractivity contribution in [2.75, 3.05) is 19.6 Å². The van der Waals surface area contributed by atoms with Crippen LogP contribution in [0.3, 0.4) is 0 Å². The van der Waals surface area contributed by atoms with Gasteiger partial charge in [-0.2, -0.15) is 0 Å². The summed E-state index contributed by atoms with van der Waals surface area (Å²) < 4.78 is 74.4. The number of rotatable bonds is 15. The van der Waals surface area contributed by atoms with Gasteiger partial charge in [-0.25, -0.2) is 0 Å². The monoisotopic (exact) mass is 1580 g/mol. The molecule has 121 heavy (non-hydrogen) atoms. The van der Waals surface area contributed by atoms with Crippen LogP contribution < -0.4 is 41.2 Å². The lowest BCUT2D eigenvalue weighted by atomic mass is 9.33. The van der Waals surface area contributed by atoms with Crippen LogP contribution in [0.4, 0.5) is 68.2 Å². The lowest BCUT2D eigenvalue weighted by Gasteiger charge is -2.46. The molecule has 0 N–H and O–H groups in total. The first-order valence-electron chi connectivity index (χ1n) is 45.0. The zero-order valence-corrected chi connectivity index (χ0v) is 70.4. The largest absolute Gasteiger partial charge is 0.310 e. The topological polar surface area (TPSA) is 22.8 Å². The van der Waals surface area contributed by atoms with Crippen LogP contribution >= 0.6 is 0 Å². The van der Waals surface area contributed by atoms with Crippen molar-refractivity contribution in [3.63, 3.8) is 0 Å². The van der Waals surface area contributed by atoms with Crippen LogP contribution in [0, 0.1) is 0 Å². The van der Waals surface area contributed by atoms with E-state index in [1.807, 2.05) is 48.5 Å². The molecule has 0 atom stereocenters. The Morgan fingerprint density at radius 1 is 0.289 bits per heavy atom. The van der Waals surface area contributed by atoms with Gasteiger partial charge in [-0.1, -0.05) is 309 Å². The number of hydrogen-bond donors (Lipinski definition) is 0. The van der Waals surface area contributed by atoms with Crippen LogP contribution in [0.1, 0.15) is 60.9 Å². The first-order chi connectivity index (χ1) is 61.5. The number of fused-ring (bicyclic) bond motifs is 10. The second-order valence-corrected chi connectivity index (χ2v) is 40.3. The molecule has 0 aliphatic carbocycles. The predicted molar refractivity (Wildman–Crippen MR) is 521 cm³/mol. The third-order valence-corrected chi connectivity index (χ3v) is 26.5. The predicted octanol–water partition coefficient (Wildman–Crippen LogP) is 28.7. The number of para-hydroxylation sites is 6. The van der Waals surface area contributed by atoms with Crippen LogP contribution in [0.2, 0.25) is 19.6 Å². The SMILES string of the molecule is [2H]c1c([2H])c(-n2c3ccccc3c3cc(N(c4ccccc4)c4ccccc4)ccc32)c([2H])c2c1B1c3c(cc([Si](C)(C)C)cc3N(c3c(-c4ccccc4)cc(C(C)(C)C)cc3-c3ccccc3)c3c([2H])c(-n4c5ccccc5c5cc(N(c6ccccc6)c6ccccc6)ccc54)c([2H])c([2H])c31)N2c1c(-c2ccccc2)cc(C(C)(C)C)cc1-c1ccccc1. The van der Waals surface area contributed by atoms with Gasteiger partial charge in [-0.15, -0.1) is 0 Å². The standard InChI is InChI=1S/C113H93BN6Si/c1-112(2,3)80-66-93(76-38-18-10-19-39-76)110(94(67-80)77-40-20-11-21-41-77)119-105-72-88(117-101-56-36-34-54-91(101)97-70-86(60-64-103(97)117)115(82-46-26-14-27-47-82)83-48-28-15-29-49-83)58-62-99(105)114-100-63-59-89(118-102-57-37-35-55-92(102)98-71-87(61-65-104(98)118)116(84-50-30-16-31-51-84)85-52-32-17-33-53-85)73-106(100)120(108-75-90(121(7,8)9)74-107(119)109(108)114)111-95(78-42-22-12-23-43-78)68-81(113(4,5)6)69-96(111)79-44-24-13-25-45-79/h10-75H,1-9H3/i58D,59D,62D,63D,72D,73D. The maximum atomic E-state index is 12.1. The molecule has 0 radical (unpaired) electrons. The lowest BCUT2D eigenvalue weighted by molar-refractivity contribution is 0.590. The van der Waals surface area contributed by atoms with Gasteiger partial charge in [0.25, 0.3) is 6.71 Å². The van der Waals surface area contributed by atoms with E-state index in [0.717, 1.165) is 167 Å². The number of anilines is 12. The van der Waals surface area contributed by atoms with Gasteiger partial charge in [-0.05, 0) is 218 Å². The fourth-order valence-electron chi connectivity index (χ4n) is 18.5. The van der Waals surface area contributed by atoms with Crippen LogP contribution in [0.25, 0.3) is 99.5 Å². The smallest absolute Gasteiger partial charge is 0.252 e.